The van der Waals surface area contributed by atoms with Crippen molar-refractivity contribution in [1.29, 1.82) is 0 Å². The number of rotatable bonds is 7. The molecule has 2 atom stereocenters. The first-order valence-electron chi connectivity index (χ1n) is 9.40. The zero-order chi connectivity index (χ0) is 21.4. The molecule has 0 saturated carbocycles. The summed E-state index contributed by atoms with van der Waals surface area (Å²) in [5, 5.41) is 23.2. The van der Waals surface area contributed by atoms with Gasteiger partial charge in [-0.3, -0.25) is 4.79 Å². The Bertz CT molecular complexity index is 379. The minimum atomic E-state index is -0.283. The van der Waals surface area contributed by atoms with E-state index in [4.69, 9.17) is 9.90 Å². The van der Waals surface area contributed by atoms with Crippen LogP contribution in [0.3, 0.4) is 0 Å². The Hall–Kier alpha value is -1.24. The summed E-state index contributed by atoms with van der Waals surface area (Å²) in [4.78, 5) is 12.7. The lowest BCUT2D eigenvalue weighted by Gasteiger charge is -2.18. The van der Waals surface area contributed by atoms with Crippen LogP contribution < -0.4 is 5.32 Å². The third kappa shape index (κ3) is 29.8. The first-order chi connectivity index (χ1) is 12.5. The first kappa shape index (κ1) is 36.6. The van der Waals surface area contributed by atoms with Crippen molar-refractivity contribution in [2.75, 3.05) is 7.05 Å². The maximum atomic E-state index is 9.97. The molecule has 0 amide bonds. The van der Waals surface area contributed by atoms with E-state index in [9.17, 15) is 5.11 Å². The Labute approximate surface area is 172 Å². The van der Waals surface area contributed by atoms with Gasteiger partial charge >= 0.3 is 0 Å². The van der Waals surface area contributed by atoms with E-state index in [-0.39, 0.29) is 20.0 Å². The molecule has 1 rings (SSSR count). The molecule has 0 fully saturated rings. The lowest BCUT2D eigenvalue weighted by Crippen LogP contribution is -2.30. The van der Waals surface area contributed by atoms with Gasteiger partial charge in [0.15, 0.2) is 0 Å². The number of aromatic nitrogens is 1. The number of carbonyl (C=O) groups is 1. The van der Waals surface area contributed by atoms with Crippen LogP contribution in [-0.2, 0) is 11.2 Å². The number of aryl methyl sites for hydroxylation is 1. The van der Waals surface area contributed by atoms with Gasteiger partial charge in [0, 0.05) is 23.5 Å². The molecule has 0 aliphatic carbocycles. The highest BCUT2D eigenvalue weighted by atomic mass is 32.1. The van der Waals surface area contributed by atoms with Gasteiger partial charge in [0.25, 0.3) is 6.47 Å². The molecule has 1 aromatic rings. The summed E-state index contributed by atoms with van der Waals surface area (Å²) in [5.41, 5.74) is 1.05. The number of aliphatic hydroxyl groups is 1. The van der Waals surface area contributed by atoms with E-state index in [2.05, 4.69) is 23.8 Å². The maximum Gasteiger partial charge on any atom is 0.290 e. The molecular formula is C21H46N2O3S. The fourth-order valence-corrected chi connectivity index (χ4v) is 2.68. The van der Waals surface area contributed by atoms with Gasteiger partial charge in [-0.25, -0.2) is 4.98 Å². The van der Waals surface area contributed by atoms with Crippen LogP contribution in [0.1, 0.15) is 78.9 Å². The normalized spacial score (nSPS) is 10.3. The van der Waals surface area contributed by atoms with E-state index < -0.39 is 0 Å². The zero-order valence-electron chi connectivity index (χ0n) is 18.1. The number of hydrogen-bond donors (Lipinski definition) is 3. The van der Waals surface area contributed by atoms with Gasteiger partial charge in [0.1, 0.15) is 0 Å². The van der Waals surface area contributed by atoms with Gasteiger partial charge in [-0.05, 0) is 33.7 Å². The van der Waals surface area contributed by atoms with Crippen molar-refractivity contribution in [3.8, 4) is 0 Å². The highest BCUT2D eigenvalue weighted by Crippen LogP contribution is 2.14. The molecule has 0 aliphatic rings. The molecule has 0 aromatic carbocycles. The second-order valence-corrected chi connectivity index (χ2v) is 5.71. The monoisotopic (exact) mass is 406 g/mol. The van der Waals surface area contributed by atoms with Gasteiger partial charge in [0.2, 0.25) is 0 Å². The molecule has 27 heavy (non-hydrogen) atoms. The Morgan fingerprint density at radius 1 is 1.33 bits per heavy atom. The van der Waals surface area contributed by atoms with Gasteiger partial charge in [-0.1, -0.05) is 54.5 Å². The van der Waals surface area contributed by atoms with Crippen molar-refractivity contribution in [2.45, 2.75) is 93.7 Å². The number of nitrogens with zero attached hydrogens (tertiary/aromatic N) is 1. The van der Waals surface area contributed by atoms with E-state index in [0.717, 1.165) is 30.0 Å². The molecule has 1 heterocycles. The Balaban J connectivity index is -0.000000125. The lowest BCUT2D eigenvalue weighted by molar-refractivity contribution is -0.122. The summed E-state index contributed by atoms with van der Waals surface area (Å²) < 4.78 is 0. The molecule has 6 heteroatoms. The SMILES string of the molecule is C.C=CC.CC.CC.CCCC(CC(O)Cc1nc(C)cs1)NC.O=CO. The highest BCUT2D eigenvalue weighted by molar-refractivity contribution is 7.09. The van der Waals surface area contributed by atoms with Crippen LogP contribution >= 0.6 is 11.3 Å². The summed E-state index contributed by atoms with van der Waals surface area (Å²) in [6.07, 6.45) is 5.22. The molecule has 164 valence electrons. The molecule has 0 bridgehead atoms. The zero-order valence-corrected chi connectivity index (χ0v) is 18.9. The summed E-state index contributed by atoms with van der Waals surface area (Å²) in [5.74, 6) is 0. The van der Waals surface area contributed by atoms with Gasteiger partial charge in [-0.2, -0.15) is 0 Å². The van der Waals surface area contributed by atoms with Crippen LogP contribution in [-0.4, -0.2) is 40.9 Å². The summed E-state index contributed by atoms with van der Waals surface area (Å²) >= 11 is 1.63. The predicted molar refractivity (Wildman–Crippen MR) is 123 cm³/mol. The number of allylic oxidation sites excluding steroid dienone is 1. The highest BCUT2D eigenvalue weighted by Gasteiger charge is 2.14. The number of nitrogens with one attached hydrogen (secondary N) is 1. The van der Waals surface area contributed by atoms with Crippen molar-refractivity contribution in [2.24, 2.45) is 0 Å². The second-order valence-electron chi connectivity index (χ2n) is 4.76. The Morgan fingerprint density at radius 3 is 2.07 bits per heavy atom. The molecular weight excluding hydrogens is 360 g/mol. The number of thiazole rings is 1. The van der Waals surface area contributed by atoms with Gasteiger partial charge < -0.3 is 15.5 Å². The minimum Gasteiger partial charge on any atom is -0.483 e. The van der Waals surface area contributed by atoms with Gasteiger partial charge in [0.05, 0.1) is 11.1 Å². The van der Waals surface area contributed by atoms with Crippen molar-refractivity contribution in [1.82, 2.24) is 10.3 Å². The van der Waals surface area contributed by atoms with E-state index in [0.29, 0.717) is 12.5 Å². The van der Waals surface area contributed by atoms with E-state index >= 15 is 0 Å². The van der Waals surface area contributed by atoms with E-state index in [1.807, 2.05) is 54.0 Å². The number of hydrogen-bond acceptors (Lipinski definition) is 5. The van der Waals surface area contributed by atoms with Crippen LogP contribution in [0.15, 0.2) is 18.0 Å². The van der Waals surface area contributed by atoms with Crippen LogP contribution in [0.25, 0.3) is 0 Å². The van der Waals surface area contributed by atoms with Crippen LogP contribution in [0.4, 0.5) is 0 Å². The van der Waals surface area contributed by atoms with Crippen molar-refractivity contribution in [3.63, 3.8) is 0 Å². The molecule has 0 spiro atoms. The molecule has 0 saturated heterocycles. The average Bonchev–Trinajstić information content (AvgIpc) is 3.04. The molecule has 1 aromatic heterocycles. The van der Waals surface area contributed by atoms with Crippen molar-refractivity contribution < 1.29 is 15.0 Å². The summed E-state index contributed by atoms with van der Waals surface area (Å²) in [7, 11) is 1.96. The third-order valence-electron chi connectivity index (χ3n) is 2.68. The Kier molecular flexibility index (Phi) is 44.0. The van der Waals surface area contributed by atoms with Crippen molar-refractivity contribution in [3.05, 3.63) is 28.7 Å². The summed E-state index contributed by atoms with van der Waals surface area (Å²) in [6.45, 7) is 17.2. The minimum absolute atomic E-state index is 0. The largest absolute Gasteiger partial charge is 0.483 e. The molecule has 0 aliphatic heterocycles. The van der Waals surface area contributed by atoms with Crippen molar-refractivity contribution >= 4 is 17.8 Å². The lowest BCUT2D eigenvalue weighted by atomic mass is 10.0. The van der Waals surface area contributed by atoms with Gasteiger partial charge in [-0.15, -0.1) is 17.9 Å². The topological polar surface area (TPSA) is 82.5 Å². The average molecular weight is 407 g/mol. The molecule has 5 nitrogen and oxygen atoms in total. The molecule has 0 radical (unpaired) electrons. The first-order valence-corrected chi connectivity index (χ1v) is 10.3. The quantitative estimate of drug-likeness (QED) is 0.399. The maximum absolute atomic E-state index is 9.97. The Morgan fingerprint density at radius 2 is 1.78 bits per heavy atom. The third-order valence-corrected chi connectivity index (χ3v) is 3.67. The molecule has 2 unspecified atom stereocenters. The standard InChI is InChI=1S/C12H22N2OS.C3H6.2C2H6.CH2O2.CH4/c1-4-5-10(13-3)6-11(15)7-12-14-9(2)8-16-12;1-3-2;2*1-2;2-1-3;/h8,10-11,13,15H,4-7H2,1-3H3;3H,1H2,2H3;2*1-2H3;1H,(H,2,3);1H4. The summed E-state index contributed by atoms with van der Waals surface area (Å²) in [6, 6.07) is 0.418. The van der Waals surface area contributed by atoms with E-state index in [1.165, 1.54) is 0 Å². The number of carboxylic acid groups (broad SMARTS) is 1. The molecule has 3 N–H and O–H groups in total. The van der Waals surface area contributed by atoms with Crippen LogP contribution in [0.5, 0.6) is 0 Å². The predicted octanol–water partition coefficient (Wildman–Crippen LogP) is 5.71. The van der Waals surface area contributed by atoms with Crippen LogP contribution in [0.2, 0.25) is 0 Å². The second kappa shape index (κ2) is 32.4. The fourth-order valence-electron chi connectivity index (χ4n) is 1.84. The number of aliphatic hydroxyl groups excluding tert-OH is 1. The van der Waals surface area contributed by atoms with E-state index in [1.54, 1.807) is 17.4 Å². The van der Waals surface area contributed by atoms with Crippen LogP contribution in [0, 0.1) is 6.92 Å². The fraction of sp³-hybridized carbons (Fsp3) is 0.714. The smallest absolute Gasteiger partial charge is 0.290 e.